The summed E-state index contributed by atoms with van der Waals surface area (Å²) in [6.45, 7) is 4.96. The van der Waals surface area contributed by atoms with E-state index in [-0.39, 0.29) is 23.4 Å². The SMILES string of the molecule is Cc1nn(C)cc1CN1CCN(C(=O)Cn2nc(C(F)(F)F)c(Cl)c2C2CC2)CC1. The molecular formula is C19H24ClF3N6O. The summed E-state index contributed by atoms with van der Waals surface area (Å²) in [7, 11) is 1.88. The monoisotopic (exact) mass is 444 g/mol. The lowest BCUT2D eigenvalue weighted by molar-refractivity contribution is -0.142. The Bertz CT molecular complexity index is 941. The molecule has 0 unspecified atom stereocenters. The van der Waals surface area contributed by atoms with E-state index in [4.69, 9.17) is 11.6 Å². The number of amides is 1. The Labute approximate surface area is 177 Å². The van der Waals surface area contributed by atoms with Gasteiger partial charge in [-0.2, -0.15) is 23.4 Å². The van der Waals surface area contributed by atoms with Crippen molar-refractivity contribution in [3.8, 4) is 0 Å². The van der Waals surface area contributed by atoms with Gasteiger partial charge in [-0.3, -0.25) is 19.1 Å². The number of halogens is 4. The third-order valence-electron chi connectivity index (χ3n) is 5.68. The lowest BCUT2D eigenvalue weighted by Crippen LogP contribution is -2.49. The highest BCUT2D eigenvalue weighted by atomic mass is 35.5. The molecule has 0 spiro atoms. The maximum Gasteiger partial charge on any atom is 0.436 e. The van der Waals surface area contributed by atoms with Gasteiger partial charge in [-0.25, -0.2) is 0 Å². The maximum absolute atomic E-state index is 13.2. The zero-order chi connectivity index (χ0) is 21.6. The molecule has 0 bridgehead atoms. The number of aromatic nitrogens is 4. The predicted octanol–water partition coefficient (Wildman–Crippen LogP) is 2.82. The second-order valence-corrected chi connectivity index (χ2v) is 8.43. The molecule has 1 aliphatic carbocycles. The van der Waals surface area contributed by atoms with Crippen molar-refractivity contribution in [2.75, 3.05) is 26.2 Å². The Morgan fingerprint density at radius 2 is 1.87 bits per heavy atom. The van der Waals surface area contributed by atoms with E-state index in [1.165, 1.54) is 0 Å². The van der Waals surface area contributed by atoms with E-state index in [2.05, 4.69) is 15.1 Å². The molecule has 30 heavy (non-hydrogen) atoms. The van der Waals surface area contributed by atoms with Crippen LogP contribution in [0.4, 0.5) is 13.2 Å². The molecule has 7 nitrogen and oxygen atoms in total. The number of nitrogens with zero attached hydrogens (tertiary/aromatic N) is 6. The van der Waals surface area contributed by atoms with Gasteiger partial charge in [-0.1, -0.05) is 11.6 Å². The number of alkyl halides is 3. The molecule has 2 aromatic rings. The first-order valence-electron chi connectivity index (χ1n) is 9.96. The van der Waals surface area contributed by atoms with Gasteiger partial charge in [0.25, 0.3) is 0 Å². The third-order valence-corrected chi connectivity index (χ3v) is 6.06. The van der Waals surface area contributed by atoms with Crippen molar-refractivity contribution in [3.63, 3.8) is 0 Å². The minimum Gasteiger partial charge on any atom is -0.339 e. The minimum atomic E-state index is -4.63. The van der Waals surface area contributed by atoms with Crippen LogP contribution in [0, 0.1) is 6.92 Å². The lowest BCUT2D eigenvalue weighted by Gasteiger charge is -2.34. The third kappa shape index (κ3) is 4.34. The average Bonchev–Trinajstić information content (AvgIpc) is 3.37. The zero-order valence-corrected chi connectivity index (χ0v) is 17.7. The van der Waals surface area contributed by atoms with E-state index in [0.717, 1.165) is 35.3 Å². The van der Waals surface area contributed by atoms with Crippen LogP contribution in [0.5, 0.6) is 0 Å². The molecule has 0 N–H and O–H groups in total. The standard InChI is InChI=1S/C19H24ClF3N6O/c1-12-14(9-26(2)24-12)10-27-5-7-28(8-6-27)15(30)11-29-17(13-3-4-13)16(20)18(25-29)19(21,22)23/h9,13H,3-8,10-11H2,1-2H3. The minimum absolute atomic E-state index is 0.0477. The highest BCUT2D eigenvalue weighted by Gasteiger charge is 2.42. The van der Waals surface area contributed by atoms with Gasteiger partial charge in [0.15, 0.2) is 5.69 Å². The van der Waals surface area contributed by atoms with Crippen LogP contribution in [0.25, 0.3) is 0 Å². The number of aryl methyl sites for hydroxylation is 2. The number of hydrogen-bond donors (Lipinski definition) is 0. The molecule has 0 aromatic carbocycles. The Hall–Kier alpha value is -2.07. The number of rotatable bonds is 5. The summed E-state index contributed by atoms with van der Waals surface area (Å²) in [5.41, 5.74) is 1.37. The summed E-state index contributed by atoms with van der Waals surface area (Å²) in [5.74, 6) is -0.282. The van der Waals surface area contributed by atoms with Gasteiger partial charge in [-0.05, 0) is 19.8 Å². The fourth-order valence-electron chi connectivity index (χ4n) is 3.93. The molecule has 4 rings (SSSR count). The Balaban J connectivity index is 1.39. The molecule has 0 radical (unpaired) electrons. The van der Waals surface area contributed by atoms with Crippen molar-refractivity contribution in [1.29, 1.82) is 0 Å². The largest absolute Gasteiger partial charge is 0.436 e. The van der Waals surface area contributed by atoms with Gasteiger partial charge in [0.1, 0.15) is 6.54 Å². The summed E-state index contributed by atoms with van der Waals surface area (Å²) in [5, 5.41) is 7.63. The van der Waals surface area contributed by atoms with Crippen LogP contribution < -0.4 is 0 Å². The molecule has 164 valence electrons. The zero-order valence-electron chi connectivity index (χ0n) is 16.9. The smallest absolute Gasteiger partial charge is 0.339 e. The van der Waals surface area contributed by atoms with Crippen LogP contribution in [0.15, 0.2) is 6.20 Å². The van der Waals surface area contributed by atoms with Crippen molar-refractivity contribution in [2.24, 2.45) is 7.05 Å². The quantitative estimate of drug-likeness (QED) is 0.711. The van der Waals surface area contributed by atoms with Crippen molar-refractivity contribution in [2.45, 2.75) is 44.9 Å². The van der Waals surface area contributed by atoms with Crippen molar-refractivity contribution >= 4 is 17.5 Å². The molecule has 2 aromatic heterocycles. The Kier molecular flexibility index (Phi) is 5.56. The van der Waals surface area contributed by atoms with Crippen LogP contribution in [-0.2, 0) is 31.1 Å². The summed E-state index contributed by atoms with van der Waals surface area (Å²) >= 11 is 5.99. The van der Waals surface area contributed by atoms with Crippen LogP contribution in [-0.4, -0.2) is 61.4 Å². The normalized spacial score (nSPS) is 18.3. The van der Waals surface area contributed by atoms with Crippen LogP contribution in [0.2, 0.25) is 5.02 Å². The Morgan fingerprint density at radius 3 is 2.40 bits per heavy atom. The predicted molar refractivity (Wildman–Crippen MR) is 104 cm³/mol. The molecule has 1 saturated heterocycles. The van der Waals surface area contributed by atoms with Crippen LogP contribution >= 0.6 is 11.6 Å². The molecule has 2 fully saturated rings. The van der Waals surface area contributed by atoms with E-state index in [9.17, 15) is 18.0 Å². The van der Waals surface area contributed by atoms with E-state index in [0.29, 0.717) is 31.9 Å². The topological polar surface area (TPSA) is 59.2 Å². The van der Waals surface area contributed by atoms with E-state index in [1.54, 1.807) is 9.58 Å². The molecule has 1 amide bonds. The van der Waals surface area contributed by atoms with Crippen molar-refractivity contribution in [1.82, 2.24) is 29.4 Å². The maximum atomic E-state index is 13.2. The van der Waals surface area contributed by atoms with Gasteiger partial charge < -0.3 is 4.90 Å². The number of carbonyl (C=O) groups is 1. The van der Waals surface area contributed by atoms with Gasteiger partial charge in [-0.15, -0.1) is 0 Å². The van der Waals surface area contributed by atoms with Gasteiger partial charge in [0.2, 0.25) is 5.91 Å². The fraction of sp³-hybridized carbons (Fsp3) is 0.632. The van der Waals surface area contributed by atoms with Gasteiger partial charge >= 0.3 is 6.18 Å². The molecule has 0 atom stereocenters. The molecule has 11 heteroatoms. The van der Waals surface area contributed by atoms with E-state index < -0.39 is 11.9 Å². The van der Waals surface area contributed by atoms with E-state index in [1.807, 2.05) is 20.2 Å². The van der Waals surface area contributed by atoms with E-state index >= 15 is 0 Å². The van der Waals surface area contributed by atoms with Crippen LogP contribution in [0.1, 0.15) is 41.4 Å². The van der Waals surface area contributed by atoms with Gasteiger partial charge in [0, 0.05) is 57.4 Å². The number of piperazine rings is 1. The number of hydrogen-bond acceptors (Lipinski definition) is 4. The highest BCUT2D eigenvalue weighted by Crippen LogP contribution is 2.46. The number of carbonyl (C=O) groups excluding carboxylic acids is 1. The second kappa shape index (κ2) is 7.88. The summed E-state index contributed by atoms with van der Waals surface area (Å²) in [4.78, 5) is 16.7. The first-order valence-corrected chi connectivity index (χ1v) is 10.3. The molecule has 2 aliphatic rings. The fourth-order valence-corrected chi connectivity index (χ4v) is 4.33. The molecule has 1 saturated carbocycles. The first-order chi connectivity index (χ1) is 14.1. The first kappa shape index (κ1) is 21.2. The summed E-state index contributed by atoms with van der Waals surface area (Å²) < 4.78 is 42.6. The molecular weight excluding hydrogens is 421 g/mol. The van der Waals surface area contributed by atoms with Crippen molar-refractivity contribution in [3.05, 3.63) is 33.9 Å². The van der Waals surface area contributed by atoms with Crippen molar-refractivity contribution < 1.29 is 18.0 Å². The highest BCUT2D eigenvalue weighted by molar-refractivity contribution is 6.32. The molecule has 3 heterocycles. The summed E-state index contributed by atoms with van der Waals surface area (Å²) in [6.07, 6.45) is -1.11. The average molecular weight is 445 g/mol. The molecule has 1 aliphatic heterocycles. The Morgan fingerprint density at radius 1 is 1.20 bits per heavy atom. The van der Waals surface area contributed by atoms with Crippen LogP contribution in [0.3, 0.4) is 0 Å². The lowest BCUT2D eigenvalue weighted by atomic mass is 10.2. The summed E-state index contributed by atoms with van der Waals surface area (Å²) in [6, 6.07) is 0. The van der Waals surface area contributed by atoms with Gasteiger partial charge in [0.05, 0.1) is 16.4 Å². The second-order valence-electron chi connectivity index (χ2n) is 8.05.